The summed E-state index contributed by atoms with van der Waals surface area (Å²) in [5.74, 6) is 0.629. The standard InChI is InChI=1S/C14H15BrFNO/c1-3-17-14(12-6-7-13(15)18-12)10-4-5-11(16)9(2)8-10/h4-8,14,17H,3H2,1-2H3. The van der Waals surface area contributed by atoms with Crippen LogP contribution in [0, 0.1) is 12.7 Å². The van der Waals surface area contributed by atoms with Gasteiger partial charge in [0, 0.05) is 0 Å². The molecule has 1 aromatic heterocycles. The largest absolute Gasteiger partial charge is 0.452 e. The molecular formula is C14H15BrFNO. The molecule has 1 atom stereocenters. The van der Waals surface area contributed by atoms with E-state index in [0.717, 1.165) is 17.9 Å². The molecule has 0 saturated carbocycles. The number of nitrogens with one attached hydrogen (secondary N) is 1. The molecule has 1 heterocycles. The van der Waals surface area contributed by atoms with Gasteiger partial charge in [0.1, 0.15) is 11.6 Å². The molecule has 1 N–H and O–H groups in total. The predicted molar refractivity (Wildman–Crippen MR) is 73.1 cm³/mol. The van der Waals surface area contributed by atoms with Gasteiger partial charge in [-0.2, -0.15) is 0 Å². The smallest absolute Gasteiger partial charge is 0.169 e. The van der Waals surface area contributed by atoms with Crippen LogP contribution >= 0.6 is 15.9 Å². The second-order valence-electron chi connectivity index (χ2n) is 4.14. The minimum Gasteiger partial charge on any atom is -0.452 e. The summed E-state index contributed by atoms with van der Waals surface area (Å²) in [6, 6.07) is 8.84. The summed E-state index contributed by atoms with van der Waals surface area (Å²) in [6.07, 6.45) is 0. The van der Waals surface area contributed by atoms with Gasteiger partial charge < -0.3 is 9.73 Å². The van der Waals surface area contributed by atoms with Crippen LogP contribution in [0.1, 0.15) is 29.9 Å². The first kappa shape index (κ1) is 13.3. The first-order chi connectivity index (χ1) is 8.61. The Balaban J connectivity index is 2.37. The molecule has 0 aliphatic carbocycles. The average molecular weight is 312 g/mol. The van der Waals surface area contributed by atoms with Crippen LogP contribution in [0.4, 0.5) is 4.39 Å². The highest BCUT2D eigenvalue weighted by atomic mass is 79.9. The Morgan fingerprint density at radius 1 is 1.33 bits per heavy atom. The maximum Gasteiger partial charge on any atom is 0.169 e. The van der Waals surface area contributed by atoms with Gasteiger partial charge in [-0.15, -0.1) is 0 Å². The summed E-state index contributed by atoms with van der Waals surface area (Å²) in [5.41, 5.74) is 1.64. The number of furan rings is 1. The molecule has 0 aliphatic rings. The second kappa shape index (κ2) is 5.67. The fourth-order valence-corrected chi connectivity index (χ4v) is 2.24. The number of aryl methyl sites for hydroxylation is 1. The zero-order valence-electron chi connectivity index (χ0n) is 10.3. The van der Waals surface area contributed by atoms with E-state index >= 15 is 0 Å². The van der Waals surface area contributed by atoms with Crippen molar-refractivity contribution >= 4 is 15.9 Å². The van der Waals surface area contributed by atoms with Crippen molar-refractivity contribution in [3.63, 3.8) is 0 Å². The van der Waals surface area contributed by atoms with E-state index in [-0.39, 0.29) is 11.9 Å². The molecule has 0 saturated heterocycles. The van der Waals surface area contributed by atoms with Crippen molar-refractivity contribution in [2.24, 2.45) is 0 Å². The summed E-state index contributed by atoms with van der Waals surface area (Å²) >= 11 is 3.30. The third kappa shape index (κ3) is 2.82. The Kier molecular flexibility index (Phi) is 4.19. The molecule has 2 nitrogen and oxygen atoms in total. The molecule has 0 fully saturated rings. The van der Waals surface area contributed by atoms with Gasteiger partial charge in [0.05, 0.1) is 6.04 Å². The molecule has 0 radical (unpaired) electrons. The lowest BCUT2D eigenvalue weighted by Gasteiger charge is -2.16. The highest BCUT2D eigenvalue weighted by molar-refractivity contribution is 9.10. The van der Waals surface area contributed by atoms with Gasteiger partial charge in [-0.1, -0.05) is 19.1 Å². The quantitative estimate of drug-likeness (QED) is 0.916. The average Bonchev–Trinajstić information content (AvgIpc) is 2.76. The van der Waals surface area contributed by atoms with Crippen LogP contribution in [-0.2, 0) is 0 Å². The Morgan fingerprint density at radius 2 is 2.11 bits per heavy atom. The van der Waals surface area contributed by atoms with Crippen LogP contribution in [0.3, 0.4) is 0 Å². The van der Waals surface area contributed by atoms with Gasteiger partial charge in [-0.05, 0) is 58.7 Å². The van der Waals surface area contributed by atoms with Gasteiger partial charge in [0.15, 0.2) is 4.67 Å². The van der Waals surface area contributed by atoms with E-state index in [1.807, 2.05) is 25.1 Å². The molecule has 0 amide bonds. The van der Waals surface area contributed by atoms with Crippen molar-refractivity contribution in [1.82, 2.24) is 5.32 Å². The van der Waals surface area contributed by atoms with Crippen LogP contribution in [0.15, 0.2) is 39.4 Å². The van der Waals surface area contributed by atoms with Crippen molar-refractivity contribution in [3.8, 4) is 0 Å². The van der Waals surface area contributed by atoms with E-state index in [2.05, 4.69) is 21.2 Å². The highest BCUT2D eigenvalue weighted by Gasteiger charge is 2.17. The van der Waals surface area contributed by atoms with Crippen molar-refractivity contribution in [1.29, 1.82) is 0 Å². The summed E-state index contributed by atoms with van der Waals surface area (Å²) in [5, 5.41) is 3.34. The zero-order chi connectivity index (χ0) is 13.1. The molecule has 0 aliphatic heterocycles. The third-order valence-corrected chi connectivity index (χ3v) is 3.23. The van der Waals surface area contributed by atoms with Crippen LogP contribution < -0.4 is 5.32 Å². The fraction of sp³-hybridized carbons (Fsp3) is 0.286. The van der Waals surface area contributed by atoms with Gasteiger partial charge in [0.2, 0.25) is 0 Å². The van der Waals surface area contributed by atoms with Gasteiger partial charge in [0.25, 0.3) is 0 Å². The van der Waals surface area contributed by atoms with E-state index in [9.17, 15) is 4.39 Å². The molecular weight excluding hydrogens is 297 g/mol. The van der Waals surface area contributed by atoms with Gasteiger partial charge in [-0.25, -0.2) is 4.39 Å². The monoisotopic (exact) mass is 311 g/mol. The maximum atomic E-state index is 13.3. The minimum atomic E-state index is -0.186. The van der Waals surface area contributed by atoms with Crippen LogP contribution in [0.25, 0.3) is 0 Å². The maximum absolute atomic E-state index is 13.3. The van der Waals surface area contributed by atoms with Gasteiger partial charge in [-0.3, -0.25) is 0 Å². The molecule has 0 bridgehead atoms. The number of hydrogen-bond donors (Lipinski definition) is 1. The van der Waals surface area contributed by atoms with Crippen LogP contribution in [0.5, 0.6) is 0 Å². The van der Waals surface area contributed by atoms with E-state index in [1.165, 1.54) is 6.07 Å². The first-order valence-electron chi connectivity index (χ1n) is 5.86. The molecule has 0 spiro atoms. The third-order valence-electron chi connectivity index (χ3n) is 2.80. The SMILES string of the molecule is CCNC(c1ccc(F)c(C)c1)c1ccc(Br)o1. The molecule has 1 aromatic carbocycles. The van der Waals surface area contributed by atoms with Gasteiger partial charge >= 0.3 is 0 Å². The van der Waals surface area contributed by atoms with Crippen LogP contribution in [0.2, 0.25) is 0 Å². The van der Waals surface area contributed by atoms with E-state index in [1.54, 1.807) is 13.0 Å². The number of benzene rings is 1. The summed E-state index contributed by atoms with van der Waals surface area (Å²) in [4.78, 5) is 0. The first-order valence-corrected chi connectivity index (χ1v) is 6.65. The Labute approximate surface area is 114 Å². The second-order valence-corrected chi connectivity index (χ2v) is 4.92. The normalized spacial score (nSPS) is 12.7. The fourth-order valence-electron chi connectivity index (χ4n) is 1.92. The molecule has 2 aromatic rings. The van der Waals surface area contributed by atoms with Crippen molar-refractivity contribution in [2.45, 2.75) is 19.9 Å². The lowest BCUT2D eigenvalue weighted by Crippen LogP contribution is -2.21. The topological polar surface area (TPSA) is 25.2 Å². The number of halogens is 2. The van der Waals surface area contributed by atoms with Crippen LogP contribution in [-0.4, -0.2) is 6.54 Å². The summed E-state index contributed by atoms with van der Waals surface area (Å²) in [6.45, 7) is 4.60. The number of rotatable bonds is 4. The molecule has 1 unspecified atom stereocenters. The van der Waals surface area contributed by atoms with Crippen molar-refractivity contribution < 1.29 is 8.81 Å². The van der Waals surface area contributed by atoms with E-state index < -0.39 is 0 Å². The molecule has 96 valence electrons. The lowest BCUT2D eigenvalue weighted by molar-refractivity contribution is 0.437. The number of hydrogen-bond acceptors (Lipinski definition) is 2. The predicted octanol–water partition coefficient (Wildman–Crippen LogP) is 4.19. The van der Waals surface area contributed by atoms with Crippen molar-refractivity contribution in [2.75, 3.05) is 6.54 Å². The van der Waals surface area contributed by atoms with E-state index in [0.29, 0.717) is 10.2 Å². The summed E-state index contributed by atoms with van der Waals surface area (Å²) in [7, 11) is 0. The highest BCUT2D eigenvalue weighted by Crippen LogP contribution is 2.27. The Bertz CT molecular complexity index is 538. The molecule has 2 rings (SSSR count). The Hall–Kier alpha value is -1.13. The zero-order valence-corrected chi connectivity index (χ0v) is 11.9. The lowest BCUT2D eigenvalue weighted by atomic mass is 10.0. The molecule has 4 heteroatoms. The van der Waals surface area contributed by atoms with E-state index in [4.69, 9.17) is 4.42 Å². The summed E-state index contributed by atoms with van der Waals surface area (Å²) < 4.78 is 19.6. The molecule has 18 heavy (non-hydrogen) atoms. The Morgan fingerprint density at radius 3 is 2.67 bits per heavy atom. The minimum absolute atomic E-state index is 0.0550. The van der Waals surface area contributed by atoms with Crippen molar-refractivity contribution in [3.05, 3.63) is 57.7 Å².